The number of rotatable bonds is 4. The standard InChI is InChI=1S/C7H7NO5/c9-7(10)4-2-5-1-3-6(13-5)8(11)12/h1,3H,2,4H2,(H,9,10). The highest BCUT2D eigenvalue weighted by Crippen LogP contribution is 2.16. The molecule has 0 unspecified atom stereocenters. The minimum atomic E-state index is -0.959. The van der Waals surface area contributed by atoms with Gasteiger partial charge < -0.3 is 9.52 Å². The third kappa shape index (κ3) is 2.58. The van der Waals surface area contributed by atoms with Crippen molar-refractivity contribution in [2.45, 2.75) is 12.8 Å². The van der Waals surface area contributed by atoms with Crippen LogP contribution in [0, 0.1) is 10.1 Å². The lowest BCUT2D eigenvalue weighted by Crippen LogP contribution is -1.96. The molecule has 0 aliphatic carbocycles. The molecule has 13 heavy (non-hydrogen) atoms. The molecule has 6 nitrogen and oxygen atoms in total. The molecule has 0 spiro atoms. The van der Waals surface area contributed by atoms with Crippen LogP contribution in [0.1, 0.15) is 12.2 Å². The molecule has 1 aromatic rings. The minimum Gasteiger partial charge on any atom is -0.481 e. The lowest BCUT2D eigenvalue weighted by atomic mass is 10.2. The van der Waals surface area contributed by atoms with E-state index in [2.05, 4.69) is 0 Å². The van der Waals surface area contributed by atoms with E-state index in [1.165, 1.54) is 12.1 Å². The van der Waals surface area contributed by atoms with E-state index in [9.17, 15) is 14.9 Å². The molecule has 1 rings (SSSR count). The fourth-order valence-electron chi connectivity index (χ4n) is 0.829. The third-order valence-corrected chi connectivity index (χ3v) is 1.41. The van der Waals surface area contributed by atoms with Gasteiger partial charge >= 0.3 is 11.9 Å². The van der Waals surface area contributed by atoms with Crippen LogP contribution in [0.3, 0.4) is 0 Å². The van der Waals surface area contributed by atoms with E-state index in [0.717, 1.165) is 0 Å². The predicted octanol–water partition coefficient (Wildman–Crippen LogP) is 1.21. The number of aryl methyl sites for hydroxylation is 1. The van der Waals surface area contributed by atoms with Crippen molar-refractivity contribution in [2.24, 2.45) is 0 Å². The third-order valence-electron chi connectivity index (χ3n) is 1.41. The molecular weight excluding hydrogens is 178 g/mol. The second-order valence-electron chi connectivity index (χ2n) is 2.39. The average molecular weight is 185 g/mol. The molecule has 0 amide bonds. The van der Waals surface area contributed by atoms with Crippen molar-refractivity contribution < 1.29 is 19.2 Å². The molecule has 0 saturated carbocycles. The Kier molecular flexibility index (Phi) is 2.63. The molecule has 1 aromatic heterocycles. The van der Waals surface area contributed by atoms with Crippen LogP contribution in [0.2, 0.25) is 0 Å². The molecule has 0 aliphatic rings. The number of furan rings is 1. The van der Waals surface area contributed by atoms with E-state index < -0.39 is 10.9 Å². The SMILES string of the molecule is O=C(O)CCc1ccc([N+](=O)[O-])o1. The quantitative estimate of drug-likeness (QED) is 0.561. The van der Waals surface area contributed by atoms with Gasteiger partial charge in [0, 0.05) is 6.42 Å². The van der Waals surface area contributed by atoms with Crippen LogP contribution >= 0.6 is 0 Å². The smallest absolute Gasteiger partial charge is 0.433 e. The van der Waals surface area contributed by atoms with Gasteiger partial charge in [-0.3, -0.25) is 14.9 Å². The normalized spacial score (nSPS) is 9.85. The number of hydrogen-bond donors (Lipinski definition) is 1. The van der Waals surface area contributed by atoms with Crippen molar-refractivity contribution in [3.05, 3.63) is 28.0 Å². The Bertz CT molecular complexity index is 329. The molecular formula is C7H7NO5. The summed E-state index contributed by atoms with van der Waals surface area (Å²) in [6, 6.07) is 2.61. The van der Waals surface area contributed by atoms with Crippen LogP contribution in [0.4, 0.5) is 5.88 Å². The van der Waals surface area contributed by atoms with E-state index in [4.69, 9.17) is 9.52 Å². The van der Waals surface area contributed by atoms with Gasteiger partial charge in [0.25, 0.3) is 0 Å². The first-order chi connectivity index (χ1) is 6.09. The lowest BCUT2D eigenvalue weighted by molar-refractivity contribution is -0.402. The summed E-state index contributed by atoms with van der Waals surface area (Å²) in [7, 11) is 0. The maximum absolute atomic E-state index is 10.1. The Morgan fingerprint density at radius 3 is 2.77 bits per heavy atom. The summed E-state index contributed by atoms with van der Waals surface area (Å²) < 4.78 is 4.73. The van der Waals surface area contributed by atoms with Crippen LogP contribution in [0.5, 0.6) is 0 Å². The van der Waals surface area contributed by atoms with Crippen molar-refractivity contribution >= 4 is 11.9 Å². The summed E-state index contributed by atoms with van der Waals surface area (Å²) in [5.41, 5.74) is 0. The number of nitrogens with zero attached hydrogens (tertiary/aromatic N) is 1. The van der Waals surface area contributed by atoms with Crippen molar-refractivity contribution in [1.29, 1.82) is 0 Å². The van der Waals surface area contributed by atoms with E-state index >= 15 is 0 Å². The fraction of sp³-hybridized carbons (Fsp3) is 0.286. The zero-order valence-corrected chi connectivity index (χ0v) is 6.60. The van der Waals surface area contributed by atoms with Gasteiger partial charge in [0.2, 0.25) is 0 Å². The Hall–Kier alpha value is -1.85. The average Bonchev–Trinajstić information content (AvgIpc) is 2.48. The lowest BCUT2D eigenvalue weighted by Gasteiger charge is -1.89. The summed E-state index contributed by atoms with van der Waals surface area (Å²) >= 11 is 0. The number of hydrogen-bond acceptors (Lipinski definition) is 4. The van der Waals surface area contributed by atoms with E-state index in [1.807, 2.05) is 0 Å². The number of carbonyl (C=O) groups is 1. The van der Waals surface area contributed by atoms with Crippen LogP contribution in [-0.4, -0.2) is 16.0 Å². The van der Waals surface area contributed by atoms with Gasteiger partial charge in [-0.2, -0.15) is 0 Å². The Morgan fingerprint density at radius 2 is 2.31 bits per heavy atom. The van der Waals surface area contributed by atoms with E-state index in [0.29, 0.717) is 5.76 Å². The fourth-order valence-corrected chi connectivity index (χ4v) is 0.829. The first-order valence-corrected chi connectivity index (χ1v) is 3.54. The monoisotopic (exact) mass is 185 g/mol. The second kappa shape index (κ2) is 3.70. The molecule has 0 saturated heterocycles. The molecule has 0 fully saturated rings. The van der Waals surface area contributed by atoms with Crippen molar-refractivity contribution in [3.63, 3.8) is 0 Å². The van der Waals surface area contributed by atoms with E-state index in [-0.39, 0.29) is 18.7 Å². The summed E-state index contributed by atoms with van der Waals surface area (Å²) in [4.78, 5) is 19.6. The molecule has 0 aromatic carbocycles. The van der Waals surface area contributed by atoms with Crippen LogP contribution < -0.4 is 0 Å². The summed E-state index contributed by atoms with van der Waals surface area (Å²) in [5.74, 6) is -1.01. The first kappa shape index (κ1) is 9.24. The van der Waals surface area contributed by atoms with Crippen LogP contribution in [-0.2, 0) is 11.2 Å². The Labute approximate surface area is 72.9 Å². The molecule has 70 valence electrons. The predicted molar refractivity (Wildman–Crippen MR) is 41.3 cm³/mol. The summed E-state index contributed by atoms with van der Waals surface area (Å²) in [5, 5.41) is 18.5. The largest absolute Gasteiger partial charge is 0.481 e. The van der Waals surface area contributed by atoms with Crippen molar-refractivity contribution in [3.8, 4) is 0 Å². The van der Waals surface area contributed by atoms with Gasteiger partial charge in [0.1, 0.15) is 10.7 Å². The minimum absolute atomic E-state index is 0.0926. The van der Waals surface area contributed by atoms with Crippen LogP contribution in [0.15, 0.2) is 16.5 Å². The van der Waals surface area contributed by atoms with Crippen molar-refractivity contribution in [2.75, 3.05) is 0 Å². The van der Waals surface area contributed by atoms with Gasteiger partial charge in [-0.1, -0.05) is 0 Å². The maximum atomic E-state index is 10.1. The highest BCUT2D eigenvalue weighted by Gasteiger charge is 2.12. The van der Waals surface area contributed by atoms with E-state index in [1.54, 1.807) is 0 Å². The second-order valence-corrected chi connectivity index (χ2v) is 2.39. The van der Waals surface area contributed by atoms with Gasteiger partial charge in [0.05, 0.1) is 12.5 Å². The highest BCUT2D eigenvalue weighted by atomic mass is 16.6. The molecule has 0 radical (unpaired) electrons. The van der Waals surface area contributed by atoms with Gasteiger partial charge in [-0.25, -0.2) is 0 Å². The zero-order chi connectivity index (χ0) is 9.84. The molecule has 6 heteroatoms. The molecule has 0 bridgehead atoms. The topological polar surface area (TPSA) is 93.6 Å². The Balaban J connectivity index is 2.59. The van der Waals surface area contributed by atoms with Gasteiger partial charge in [0.15, 0.2) is 0 Å². The van der Waals surface area contributed by atoms with Crippen LogP contribution in [0.25, 0.3) is 0 Å². The number of aliphatic carboxylic acids is 1. The summed E-state index contributed by atoms with van der Waals surface area (Å²) in [6.45, 7) is 0. The molecule has 1 heterocycles. The number of carboxylic acids is 1. The van der Waals surface area contributed by atoms with Gasteiger partial charge in [-0.05, 0) is 6.07 Å². The number of nitro groups is 1. The van der Waals surface area contributed by atoms with Gasteiger partial charge in [-0.15, -0.1) is 0 Å². The zero-order valence-electron chi connectivity index (χ0n) is 6.60. The maximum Gasteiger partial charge on any atom is 0.433 e. The number of carboxylic acid groups (broad SMARTS) is 1. The molecule has 0 atom stereocenters. The molecule has 1 N–H and O–H groups in total. The summed E-state index contributed by atoms with van der Waals surface area (Å²) in [6.07, 6.45) is 0.0772. The highest BCUT2D eigenvalue weighted by molar-refractivity contribution is 5.66. The molecule has 0 aliphatic heterocycles. The Morgan fingerprint density at radius 1 is 1.62 bits per heavy atom. The van der Waals surface area contributed by atoms with Crippen molar-refractivity contribution in [1.82, 2.24) is 0 Å². The first-order valence-electron chi connectivity index (χ1n) is 3.54.